The summed E-state index contributed by atoms with van der Waals surface area (Å²) in [4.78, 5) is 25.7. The van der Waals surface area contributed by atoms with Gasteiger partial charge in [-0.3, -0.25) is 9.78 Å². The Morgan fingerprint density at radius 2 is 1.38 bits per heavy atom. The molecule has 0 saturated heterocycles. The summed E-state index contributed by atoms with van der Waals surface area (Å²) >= 11 is 4.98. The second-order valence-electron chi connectivity index (χ2n) is 5.24. The van der Waals surface area contributed by atoms with E-state index in [0.717, 1.165) is 0 Å². The Morgan fingerprint density at radius 1 is 0.846 bits per heavy atom. The standard InChI is InChI=1S/C18H14N4O3S/c23-13-7-3-1-5-11(13)9-19-15-16(21-18(26)22-17(15)25)20-10-12-6-2-4-8-14(12)24/h1-10,23-24H,(H2,21,22,25,26). The Hall–Kier alpha value is -3.52. The van der Waals surface area contributed by atoms with Crippen molar-refractivity contribution in [2.24, 2.45) is 9.98 Å². The van der Waals surface area contributed by atoms with Gasteiger partial charge in [-0.2, -0.15) is 0 Å². The minimum atomic E-state index is -0.523. The SMILES string of the molecule is O=c1[nH]c(=S)[nH]c(N=Cc2ccccc2O)c1N=Cc1ccccc1O. The van der Waals surface area contributed by atoms with Crippen LogP contribution in [-0.4, -0.2) is 32.6 Å². The van der Waals surface area contributed by atoms with Gasteiger partial charge in [0.15, 0.2) is 16.3 Å². The molecule has 0 amide bonds. The van der Waals surface area contributed by atoms with E-state index in [0.29, 0.717) is 11.1 Å². The van der Waals surface area contributed by atoms with E-state index in [1.165, 1.54) is 24.6 Å². The summed E-state index contributed by atoms with van der Waals surface area (Å²) in [5, 5.41) is 19.6. The van der Waals surface area contributed by atoms with Crippen molar-refractivity contribution in [3.8, 4) is 11.5 Å². The number of nitrogens with one attached hydrogen (secondary N) is 2. The fourth-order valence-corrected chi connectivity index (χ4v) is 2.33. The summed E-state index contributed by atoms with van der Waals surface area (Å²) < 4.78 is 0.0981. The van der Waals surface area contributed by atoms with Crippen LogP contribution in [0.4, 0.5) is 11.5 Å². The van der Waals surface area contributed by atoms with Gasteiger partial charge in [0, 0.05) is 23.6 Å². The van der Waals surface area contributed by atoms with Crippen molar-refractivity contribution in [1.29, 1.82) is 0 Å². The second-order valence-corrected chi connectivity index (χ2v) is 5.65. The number of nitrogens with zero attached hydrogens (tertiary/aromatic N) is 2. The predicted octanol–water partition coefficient (Wildman–Crippen LogP) is 3.34. The summed E-state index contributed by atoms with van der Waals surface area (Å²) in [5.41, 5.74) is 0.395. The van der Waals surface area contributed by atoms with Gasteiger partial charge in [0.25, 0.3) is 5.56 Å². The van der Waals surface area contributed by atoms with Crippen LogP contribution in [0.25, 0.3) is 0 Å². The van der Waals surface area contributed by atoms with Crippen molar-refractivity contribution >= 4 is 36.2 Å². The second kappa shape index (κ2) is 7.58. The first-order valence-corrected chi connectivity index (χ1v) is 7.96. The van der Waals surface area contributed by atoms with Crippen LogP contribution in [0.5, 0.6) is 11.5 Å². The van der Waals surface area contributed by atoms with E-state index in [-0.39, 0.29) is 27.8 Å². The van der Waals surface area contributed by atoms with Crippen molar-refractivity contribution in [3.05, 3.63) is 74.8 Å². The molecular formula is C18H14N4O3S. The third-order valence-corrected chi connectivity index (χ3v) is 3.64. The summed E-state index contributed by atoms with van der Waals surface area (Å²) in [7, 11) is 0. The number of aromatic amines is 2. The van der Waals surface area contributed by atoms with Gasteiger partial charge in [-0.25, -0.2) is 9.98 Å². The van der Waals surface area contributed by atoms with E-state index in [4.69, 9.17) is 12.2 Å². The number of hydrogen-bond acceptors (Lipinski definition) is 6. The highest BCUT2D eigenvalue weighted by Gasteiger charge is 2.07. The molecule has 1 aromatic heterocycles. The molecule has 0 saturated carbocycles. The van der Waals surface area contributed by atoms with Gasteiger partial charge in [-0.1, -0.05) is 24.3 Å². The molecule has 0 fully saturated rings. The smallest absolute Gasteiger partial charge is 0.279 e. The van der Waals surface area contributed by atoms with Crippen molar-refractivity contribution in [1.82, 2.24) is 9.97 Å². The van der Waals surface area contributed by atoms with E-state index in [1.807, 2.05) is 0 Å². The summed E-state index contributed by atoms with van der Waals surface area (Å²) in [6.07, 6.45) is 2.75. The van der Waals surface area contributed by atoms with Crippen LogP contribution in [0.2, 0.25) is 0 Å². The largest absolute Gasteiger partial charge is 0.507 e. The Kier molecular flexibility index (Phi) is 5.04. The number of phenolic OH excluding ortho intramolecular Hbond substituents is 2. The van der Waals surface area contributed by atoms with E-state index in [1.54, 1.807) is 36.4 Å². The normalized spacial score (nSPS) is 11.4. The first-order chi connectivity index (χ1) is 12.5. The molecule has 0 aliphatic heterocycles. The number of aliphatic imine (C=N–C) groups is 2. The van der Waals surface area contributed by atoms with Gasteiger partial charge in [-0.15, -0.1) is 0 Å². The molecule has 2 aromatic carbocycles. The molecule has 0 atom stereocenters. The highest BCUT2D eigenvalue weighted by Crippen LogP contribution is 2.22. The molecule has 0 aliphatic rings. The van der Waals surface area contributed by atoms with Crippen LogP contribution in [-0.2, 0) is 0 Å². The van der Waals surface area contributed by atoms with Crippen LogP contribution in [0.1, 0.15) is 11.1 Å². The molecule has 8 heteroatoms. The minimum Gasteiger partial charge on any atom is -0.507 e. The number of rotatable bonds is 4. The zero-order valence-corrected chi connectivity index (χ0v) is 14.2. The average Bonchev–Trinajstić information content (AvgIpc) is 2.61. The lowest BCUT2D eigenvalue weighted by atomic mass is 10.2. The van der Waals surface area contributed by atoms with Gasteiger partial charge >= 0.3 is 0 Å². The van der Waals surface area contributed by atoms with Gasteiger partial charge < -0.3 is 15.2 Å². The van der Waals surface area contributed by atoms with Gasteiger partial charge in [0.1, 0.15) is 11.5 Å². The number of phenols is 2. The summed E-state index contributed by atoms with van der Waals surface area (Å²) in [6, 6.07) is 13.2. The number of aromatic nitrogens is 2. The molecular weight excluding hydrogens is 352 g/mol. The molecule has 3 aromatic rings. The van der Waals surface area contributed by atoms with E-state index >= 15 is 0 Å². The van der Waals surface area contributed by atoms with Crippen LogP contribution in [0.3, 0.4) is 0 Å². The summed E-state index contributed by atoms with van der Waals surface area (Å²) in [5.74, 6) is 0.225. The molecule has 4 N–H and O–H groups in total. The molecule has 7 nitrogen and oxygen atoms in total. The maximum atomic E-state index is 12.2. The van der Waals surface area contributed by atoms with E-state index < -0.39 is 5.56 Å². The number of hydrogen-bond donors (Lipinski definition) is 4. The van der Waals surface area contributed by atoms with E-state index in [9.17, 15) is 15.0 Å². The molecule has 0 spiro atoms. The van der Waals surface area contributed by atoms with Gasteiger partial charge in [0.05, 0.1) is 0 Å². The maximum Gasteiger partial charge on any atom is 0.279 e. The molecule has 0 aliphatic carbocycles. The highest BCUT2D eigenvalue weighted by atomic mass is 32.1. The first kappa shape index (κ1) is 17.3. The van der Waals surface area contributed by atoms with Crippen LogP contribution in [0.15, 0.2) is 63.3 Å². The number of para-hydroxylation sites is 2. The van der Waals surface area contributed by atoms with Gasteiger partial charge in [0.2, 0.25) is 0 Å². The van der Waals surface area contributed by atoms with Crippen molar-refractivity contribution in [3.63, 3.8) is 0 Å². The number of H-pyrrole nitrogens is 2. The molecule has 130 valence electrons. The lowest BCUT2D eigenvalue weighted by Crippen LogP contribution is -2.07. The average molecular weight is 366 g/mol. The molecule has 0 unspecified atom stereocenters. The van der Waals surface area contributed by atoms with Crippen LogP contribution >= 0.6 is 12.2 Å². The molecule has 1 heterocycles. The zero-order valence-electron chi connectivity index (χ0n) is 13.4. The topological polar surface area (TPSA) is 114 Å². The molecule has 0 bridgehead atoms. The maximum absolute atomic E-state index is 12.2. The Labute approximate surface area is 153 Å². The highest BCUT2D eigenvalue weighted by molar-refractivity contribution is 7.71. The third-order valence-electron chi connectivity index (χ3n) is 3.44. The lowest BCUT2D eigenvalue weighted by Gasteiger charge is -2.01. The predicted molar refractivity (Wildman–Crippen MR) is 103 cm³/mol. The quantitative estimate of drug-likeness (QED) is 0.419. The van der Waals surface area contributed by atoms with Crippen molar-refractivity contribution < 1.29 is 10.2 Å². The fourth-order valence-electron chi connectivity index (χ4n) is 2.14. The zero-order chi connectivity index (χ0) is 18.5. The number of benzene rings is 2. The third kappa shape index (κ3) is 3.93. The van der Waals surface area contributed by atoms with Crippen LogP contribution < -0.4 is 5.56 Å². The molecule has 26 heavy (non-hydrogen) atoms. The Bertz CT molecular complexity index is 1120. The Balaban J connectivity index is 2.03. The van der Waals surface area contributed by atoms with E-state index in [2.05, 4.69) is 20.0 Å². The Morgan fingerprint density at radius 3 is 1.96 bits per heavy atom. The number of aromatic hydroxyl groups is 2. The molecule has 3 rings (SSSR count). The van der Waals surface area contributed by atoms with Crippen molar-refractivity contribution in [2.45, 2.75) is 0 Å². The van der Waals surface area contributed by atoms with Crippen molar-refractivity contribution in [2.75, 3.05) is 0 Å². The lowest BCUT2D eigenvalue weighted by molar-refractivity contribution is 0.474. The first-order valence-electron chi connectivity index (χ1n) is 7.55. The minimum absolute atomic E-state index is 0.00600. The van der Waals surface area contributed by atoms with Gasteiger partial charge in [-0.05, 0) is 36.5 Å². The van der Waals surface area contributed by atoms with Crippen LogP contribution in [0, 0.1) is 4.77 Å². The fraction of sp³-hybridized carbons (Fsp3) is 0. The monoisotopic (exact) mass is 366 g/mol. The summed E-state index contributed by atoms with van der Waals surface area (Å²) in [6.45, 7) is 0. The molecule has 0 radical (unpaired) electrons.